The van der Waals surface area contributed by atoms with Gasteiger partial charge in [-0.1, -0.05) is 29.5 Å². The number of carbonyl (C=O) groups excluding carboxylic acids is 1. The molecule has 0 saturated heterocycles. The second kappa shape index (κ2) is 10.0. The second-order valence-corrected chi connectivity index (χ2v) is 8.68. The Morgan fingerprint density at radius 2 is 1.84 bits per heavy atom. The quantitative estimate of drug-likeness (QED) is 0.151. The van der Waals surface area contributed by atoms with Crippen LogP contribution in [-0.4, -0.2) is 40.3 Å². The average molecular weight is 519 g/mol. The lowest BCUT2D eigenvalue weighted by atomic mass is 10.0. The van der Waals surface area contributed by atoms with Gasteiger partial charge in [0.15, 0.2) is 18.1 Å². The number of nitro groups is 1. The fraction of sp³-hybridized carbons (Fsp3) is 0.120. The minimum atomic E-state index is -0.719. The summed E-state index contributed by atoms with van der Waals surface area (Å²) in [6.07, 6.45) is 0. The first-order chi connectivity index (χ1) is 18.0. The molecule has 0 saturated carbocycles. The van der Waals surface area contributed by atoms with Gasteiger partial charge in [-0.2, -0.15) is 0 Å². The van der Waals surface area contributed by atoms with Gasteiger partial charge in [0.05, 0.1) is 35.9 Å². The molecule has 186 valence electrons. The fourth-order valence-corrected chi connectivity index (χ4v) is 4.36. The third kappa shape index (κ3) is 4.82. The molecule has 0 aliphatic carbocycles. The van der Waals surface area contributed by atoms with Gasteiger partial charge in [0.2, 0.25) is 5.89 Å². The summed E-state index contributed by atoms with van der Waals surface area (Å²) < 4.78 is 21.8. The predicted octanol–water partition coefficient (Wildman–Crippen LogP) is 5.30. The van der Waals surface area contributed by atoms with Crippen LogP contribution >= 0.6 is 11.3 Å². The van der Waals surface area contributed by atoms with Crippen LogP contribution in [0, 0.1) is 10.1 Å². The van der Waals surface area contributed by atoms with E-state index in [1.54, 1.807) is 20.3 Å². The number of esters is 1. The van der Waals surface area contributed by atoms with Crippen LogP contribution in [0.15, 0.2) is 65.1 Å². The summed E-state index contributed by atoms with van der Waals surface area (Å²) in [6.45, 7) is -0.289. The molecule has 3 aromatic heterocycles. The largest absolute Gasteiger partial charge is 0.493 e. The SMILES string of the molecule is COc1ccc(-c2cc(-c3nnc(COC(=O)c4ccc([N+](=O)[O-])s4)o3)c3ccccc3n2)cc1OC. The highest BCUT2D eigenvalue weighted by Crippen LogP contribution is 2.35. The highest BCUT2D eigenvalue weighted by Gasteiger charge is 2.19. The Kier molecular flexibility index (Phi) is 6.47. The third-order valence-electron chi connectivity index (χ3n) is 5.39. The van der Waals surface area contributed by atoms with Crippen molar-refractivity contribution >= 4 is 33.2 Å². The maximum atomic E-state index is 12.3. The molecule has 0 aliphatic heterocycles. The lowest BCUT2D eigenvalue weighted by Gasteiger charge is -2.11. The summed E-state index contributed by atoms with van der Waals surface area (Å²) in [5, 5.41) is 19.6. The zero-order valence-corrected chi connectivity index (χ0v) is 20.4. The zero-order valence-electron chi connectivity index (χ0n) is 19.5. The summed E-state index contributed by atoms with van der Waals surface area (Å²) in [5.74, 6) is 0.735. The molecule has 12 heteroatoms. The zero-order chi connectivity index (χ0) is 25.9. The number of hydrogen-bond acceptors (Lipinski definition) is 11. The topological polar surface area (TPSA) is 140 Å². The lowest BCUT2D eigenvalue weighted by molar-refractivity contribution is -0.380. The van der Waals surface area contributed by atoms with Crippen molar-refractivity contribution in [2.75, 3.05) is 14.2 Å². The van der Waals surface area contributed by atoms with Gasteiger partial charge in [-0.05, 0) is 36.4 Å². The number of ether oxygens (including phenoxy) is 3. The van der Waals surface area contributed by atoms with E-state index in [0.29, 0.717) is 22.8 Å². The molecule has 0 atom stereocenters. The van der Waals surface area contributed by atoms with E-state index >= 15 is 0 Å². The molecular weight excluding hydrogens is 500 g/mol. The monoisotopic (exact) mass is 518 g/mol. The van der Waals surface area contributed by atoms with E-state index in [2.05, 4.69) is 10.2 Å². The Labute approximate surface area is 213 Å². The number of thiophene rings is 1. The molecule has 2 aromatic carbocycles. The summed E-state index contributed by atoms with van der Waals surface area (Å²) in [4.78, 5) is 27.4. The van der Waals surface area contributed by atoms with Gasteiger partial charge < -0.3 is 18.6 Å². The normalized spacial score (nSPS) is 10.9. The molecule has 0 aliphatic rings. The van der Waals surface area contributed by atoms with E-state index in [1.165, 1.54) is 12.1 Å². The van der Waals surface area contributed by atoms with Crippen LogP contribution in [0.2, 0.25) is 0 Å². The molecule has 0 bridgehead atoms. The van der Waals surface area contributed by atoms with E-state index in [1.807, 2.05) is 42.5 Å². The molecule has 0 amide bonds. The second-order valence-electron chi connectivity index (χ2n) is 7.61. The summed E-state index contributed by atoms with van der Waals surface area (Å²) >= 11 is 0.728. The number of aromatic nitrogens is 3. The van der Waals surface area contributed by atoms with Gasteiger partial charge in [0.25, 0.3) is 5.89 Å². The number of methoxy groups -OCH3 is 2. The molecule has 5 aromatic rings. The van der Waals surface area contributed by atoms with Crippen LogP contribution in [0.3, 0.4) is 0 Å². The van der Waals surface area contributed by atoms with E-state index in [4.69, 9.17) is 23.6 Å². The summed E-state index contributed by atoms with van der Waals surface area (Å²) in [5.41, 5.74) is 2.81. The molecule has 37 heavy (non-hydrogen) atoms. The minimum Gasteiger partial charge on any atom is -0.493 e. The van der Waals surface area contributed by atoms with Gasteiger partial charge in [-0.25, -0.2) is 9.78 Å². The van der Waals surface area contributed by atoms with Gasteiger partial charge in [0, 0.05) is 17.0 Å². The van der Waals surface area contributed by atoms with E-state index in [9.17, 15) is 14.9 Å². The van der Waals surface area contributed by atoms with E-state index in [-0.39, 0.29) is 28.3 Å². The molecule has 0 radical (unpaired) electrons. The van der Waals surface area contributed by atoms with Gasteiger partial charge in [0.1, 0.15) is 4.88 Å². The maximum Gasteiger partial charge on any atom is 0.349 e. The van der Waals surface area contributed by atoms with Crippen molar-refractivity contribution in [2.24, 2.45) is 0 Å². The number of benzene rings is 2. The number of para-hydroxylation sites is 1. The Hall–Kier alpha value is -4.84. The molecule has 0 fully saturated rings. The van der Waals surface area contributed by atoms with Crippen molar-refractivity contribution < 1.29 is 28.3 Å². The van der Waals surface area contributed by atoms with E-state index in [0.717, 1.165) is 27.8 Å². The molecule has 0 spiro atoms. The van der Waals surface area contributed by atoms with Gasteiger partial charge in [-0.3, -0.25) is 10.1 Å². The van der Waals surface area contributed by atoms with Crippen LogP contribution < -0.4 is 9.47 Å². The highest BCUT2D eigenvalue weighted by molar-refractivity contribution is 7.17. The van der Waals surface area contributed by atoms with Gasteiger partial charge >= 0.3 is 11.0 Å². The number of carbonyl (C=O) groups is 1. The minimum absolute atomic E-state index is 0.0722. The van der Waals surface area contributed by atoms with Gasteiger partial charge in [-0.15, -0.1) is 10.2 Å². The van der Waals surface area contributed by atoms with Crippen molar-refractivity contribution in [1.29, 1.82) is 0 Å². The molecule has 0 unspecified atom stereocenters. The van der Waals surface area contributed by atoms with Crippen LogP contribution in [-0.2, 0) is 11.3 Å². The van der Waals surface area contributed by atoms with Crippen LogP contribution in [0.25, 0.3) is 33.6 Å². The van der Waals surface area contributed by atoms with Crippen molar-refractivity contribution in [3.63, 3.8) is 0 Å². The smallest absolute Gasteiger partial charge is 0.349 e. The molecule has 0 N–H and O–H groups in total. The lowest BCUT2D eigenvalue weighted by Crippen LogP contribution is -2.03. The first-order valence-electron chi connectivity index (χ1n) is 10.8. The Bertz CT molecular complexity index is 1630. The number of nitrogens with zero attached hydrogens (tertiary/aromatic N) is 4. The van der Waals surface area contributed by atoms with Crippen LogP contribution in [0.5, 0.6) is 11.5 Å². The molecule has 5 rings (SSSR count). The molecule has 11 nitrogen and oxygen atoms in total. The van der Waals surface area contributed by atoms with Crippen molar-refractivity contribution in [1.82, 2.24) is 15.2 Å². The van der Waals surface area contributed by atoms with Crippen molar-refractivity contribution in [3.05, 3.63) is 81.5 Å². The average Bonchev–Trinajstić information content (AvgIpc) is 3.61. The number of pyridine rings is 1. The first kappa shape index (κ1) is 23.9. The standard InChI is InChI=1S/C25H18N4O7S/c1-33-19-8-7-14(11-20(19)34-2)18-12-16(15-5-3-4-6-17(15)26-18)24-28-27-22(36-24)13-35-25(30)21-9-10-23(37-21)29(31)32/h3-12H,13H2,1-2H3. The van der Waals surface area contributed by atoms with Crippen LogP contribution in [0.1, 0.15) is 15.6 Å². The number of rotatable bonds is 8. The Morgan fingerprint density at radius 3 is 2.59 bits per heavy atom. The Morgan fingerprint density at radius 1 is 1.03 bits per heavy atom. The summed E-state index contributed by atoms with van der Waals surface area (Å²) in [7, 11) is 3.13. The van der Waals surface area contributed by atoms with Crippen molar-refractivity contribution in [2.45, 2.75) is 6.61 Å². The van der Waals surface area contributed by atoms with Crippen LogP contribution in [0.4, 0.5) is 5.00 Å². The highest BCUT2D eigenvalue weighted by atomic mass is 32.1. The summed E-state index contributed by atoms with van der Waals surface area (Å²) in [6, 6.07) is 17.4. The number of fused-ring (bicyclic) bond motifs is 1. The predicted molar refractivity (Wildman–Crippen MR) is 134 cm³/mol. The first-order valence-corrected chi connectivity index (χ1v) is 11.6. The molecule has 3 heterocycles. The Balaban J connectivity index is 1.44. The third-order valence-corrected chi connectivity index (χ3v) is 6.41. The fourth-order valence-electron chi connectivity index (χ4n) is 3.65. The number of hydrogen-bond donors (Lipinski definition) is 0. The maximum absolute atomic E-state index is 12.3. The van der Waals surface area contributed by atoms with Crippen molar-refractivity contribution in [3.8, 4) is 34.2 Å². The molecular formula is C25H18N4O7S. The van der Waals surface area contributed by atoms with E-state index < -0.39 is 10.9 Å².